The van der Waals surface area contributed by atoms with Gasteiger partial charge in [-0.1, -0.05) is 12.1 Å². The number of likely N-dealkylation sites (N-methyl/N-ethyl adjacent to an activating group) is 1. The highest BCUT2D eigenvalue weighted by atomic mass is 16.5. The Bertz CT molecular complexity index is 392. The zero-order chi connectivity index (χ0) is 13.5. The van der Waals surface area contributed by atoms with Crippen LogP contribution in [0.5, 0.6) is 5.75 Å². The van der Waals surface area contributed by atoms with Crippen molar-refractivity contribution in [2.75, 3.05) is 40.3 Å². The van der Waals surface area contributed by atoms with Crippen molar-refractivity contribution in [1.29, 1.82) is 0 Å². The molecule has 0 bridgehead atoms. The molecule has 0 unspecified atom stereocenters. The largest absolute Gasteiger partial charge is 0.493 e. The van der Waals surface area contributed by atoms with E-state index in [9.17, 15) is 0 Å². The van der Waals surface area contributed by atoms with Gasteiger partial charge in [0.25, 0.3) is 0 Å². The van der Waals surface area contributed by atoms with Crippen LogP contribution in [0.15, 0.2) is 18.2 Å². The molecule has 1 aliphatic rings. The van der Waals surface area contributed by atoms with Crippen molar-refractivity contribution in [3.63, 3.8) is 0 Å². The Morgan fingerprint density at radius 1 is 1.32 bits per heavy atom. The van der Waals surface area contributed by atoms with Crippen molar-refractivity contribution in [3.8, 4) is 5.75 Å². The Morgan fingerprint density at radius 2 is 2.21 bits per heavy atom. The first-order chi connectivity index (χ1) is 9.29. The number of benzene rings is 1. The van der Waals surface area contributed by atoms with Crippen LogP contribution >= 0.6 is 0 Å². The van der Waals surface area contributed by atoms with E-state index in [2.05, 4.69) is 35.5 Å². The van der Waals surface area contributed by atoms with Crippen LogP contribution in [0.2, 0.25) is 0 Å². The molecule has 3 nitrogen and oxygen atoms in total. The van der Waals surface area contributed by atoms with Gasteiger partial charge in [0.15, 0.2) is 0 Å². The molecule has 1 N–H and O–H groups in total. The standard InChI is InChI=1S/C16H26N2O/c1-17-9-4-10-18(2)11-8-14-6-7-16-15(13-14)5-3-12-19-16/h6-7,13,17H,3-5,8-12H2,1-2H3. The molecule has 0 saturated heterocycles. The van der Waals surface area contributed by atoms with E-state index >= 15 is 0 Å². The Kier molecular flexibility index (Phi) is 5.67. The van der Waals surface area contributed by atoms with Crippen LogP contribution in [-0.4, -0.2) is 45.2 Å². The van der Waals surface area contributed by atoms with E-state index in [0.29, 0.717) is 0 Å². The maximum atomic E-state index is 5.65. The number of nitrogens with one attached hydrogen (secondary N) is 1. The van der Waals surface area contributed by atoms with Crippen molar-refractivity contribution in [1.82, 2.24) is 10.2 Å². The number of fused-ring (bicyclic) bond motifs is 1. The molecule has 0 aromatic heterocycles. The number of ether oxygens (including phenoxy) is 1. The summed E-state index contributed by atoms with van der Waals surface area (Å²) >= 11 is 0. The first-order valence-electron chi connectivity index (χ1n) is 7.37. The predicted octanol–water partition coefficient (Wildman–Crippen LogP) is 2.10. The van der Waals surface area contributed by atoms with Gasteiger partial charge in [0.1, 0.15) is 5.75 Å². The highest BCUT2D eigenvalue weighted by molar-refractivity contribution is 5.38. The minimum absolute atomic E-state index is 0.876. The summed E-state index contributed by atoms with van der Waals surface area (Å²) in [5.41, 5.74) is 2.83. The number of hydrogen-bond donors (Lipinski definition) is 1. The van der Waals surface area contributed by atoms with Gasteiger partial charge in [-0.2, -0.15) is 0 Å². The van der Waals surface area contributed by atoms with E-state index in [1.807, 2.05) is 7.05 Å². The molecule has 1 aromatic carbocycles. The molecular formula is C16H26N2O. The summed E-state index contributed by atoms with van der Waals surface area (Å²) in [6, 6.07) is 6.69. The molecule has 19 heavy (non-hydrogen) atoms. The fourth-order valence-corrected chi connectivity index (χ4v) is 2.53. The molecule has 1 aliphatic heterocycles. The molecule has 3 heteroatoms. The second kappa shape index (κ2) is 7.51. The van der Waals surface area contributed by atoms with Crippen LogP contribution < -0.4 is 10.1 Å². The molecule has 0 radical (unpaired) electrons. The van der Waals surface area contributed by atoms with Crippen molar-refractivity contribution < 1.29 is 4.74 Å². The highest BCUT2D eigenvalue weighted by Gasteiger charge is 2.10. The number of rotatable bonds is 7. The number of hydrogen-bond acceptors (Lipinski definition) is 3. The molecule has 0 amide bonds. The molecule has 1 aromatic rings. The maximum Gasteiger partial charge on any atom is 0.122 e. The number of aryl methyl sites for hydroxylation is 1. The number of nitrogens with zero attached hydrogens (tertiary/aromatic N) is 1. The van der Waals surface area contributed by atoms with Crippen molar-refractivity contribution >= 4 is 0 Å². The lowest BCUT2D eigenvalue weighted by molar-refractivity contribution is 0.288. The average Bonchev–Trinajstić information content (AvgIpc) is 2.45. The SMILES string of the molecule is CNCCCN(C)CCc1ccc2c(c1)CCCO2. The normalized spacial score (nSPS) is 14.3. The predicted molar refractivity (Wildman–Crippen MR) is 80.0 cm³/mol. The molecule has 2 rings (SSSR count). The van der Waals surface area contributed by atoms with Gasteiger partial charge in [0.2, 0.25) is 0 Å². The van der Waals surface area contributed by atoms with Crippen LogP contribution in [0, 0.1) is 0 Å². The van der Waals surface area contributed by atoms with Gasteiger partial charge in [-0.25, -0.2) is 0 Å². The van der Waals surface area contributed by atoms with E-state index in [4.69, 9.17) is 4.74 Å². The minimum Gasteiger partial charge on any atom is -0.493 e. The van der Waals surface area contributed by atoms with Crippen LogP contribution in [0.4, 0.5) is 0 Å². The third-order valence-electron chi connectivity index (χ3n) is 3.72. The third-order valence-corrected chi connectivity index (χ3v) is 3.72. The van der Waals surface area contributed by atoms with Crippen LogP contribution in [-0.2, 0) is 12.8 Å². The average molecular weight is 262 g/mol. The summed E-state index contributed by atoms with van der Waals surface area (Å²) < 4.78 is 5.65. The van der Waals surface area contributed by atoms with Gasteiger partial charge in [0, 0.05) is 6.54 Å². The Morgan fingerprint density at radius 3 is 3.05 bits per heavy atom. The minimum atomic E-state index is 0.876. The van der Waals surface area contributed by atoms with Gasteiger partial charge in [-0.05, 0) is 70.1 Å². The van der Waals surface area contributed by atoms with Gasteiger partial charge in [0.05, 0.1) is 6.61 Å². The Labute approximate surface area is 116 Å². The summed E-state index contributed by atoms with van der Waals surface area (Å²) in [7, 11) is 4.21. The summed E-state index contributed by atoms with van der Waals surface area (Å²) in [6.45, 7) is 4.26. The Balaban J connectivity index is 1.79. The molecular weight excluding hydrogens is 236 g/mol. The lowest BCUT2D eigenvalue weighted by atomic mass is 10.0. The molecule has 1 heterocycles. The van der Waals surface area contributed by atoms with Crippen LogP contribution in [0.3, 0.4) is 0 Å². The van der Waals surface area contributed by atoms with Gasteiger partial charge >= 0.3 is 0 Å². The fraction of sp³-hybridized carbons (Fsp3) is 0.625. The molecule has 106 valence electrons. The van der Waals surface area contributed by atoms with Crippen LogP contribution in [0.25, 0.3) is 0 Å². The quantitative estimate of drug-likeness (QED) is 0.762. The zero-order valence-electron chi connectivity index (χ0n) is 12.2. The van der Waals surface area contributed by atoms with E-state index in [1.54, 1.807) is 0 Å². The molecule has 0 aliphatic carbocycles. The molecule has 0 fully saturated rings. The van der Waals surface area contributed by atoms with E-state index in [0.717, 1.165) is 44.8 Å². The summed E-state index contributed by atoms with van der Waals surface area (Å²) in [5.74, 6) is 1.09. The Hall–Kier alpha value is -1.06. The lowest BCUT2D eigenvalue weighted by Crippen LogP contribution is -2.25. The lowest BCUT2D eigenvalue weighted by Gasteiger charge is -2.19. The van der Waals surface area contributed by atoms with Crippen molar-refractivity contribution in [2.45, 2.75) is 25.7 Å². The fourth-order valence-electron chi connectivity index (χ4n) is 2.53. The topological polar surface area (TPSA) is 24.5 Å². The van der Waals surface area contributed by atoms with E-state index < -0.39 is 0 Å². The van der Waals surface area contributed by atoms with Crippen molar-refractivity contribution in [2.24, 2.45) is 0 Å². The molecule has 0 atom stereocenters. The van der Waals surface area contributed by atoms with Gasteiger partial charge in [-0.3, -0.25) is 0 Å². The van der Waals surface area contributed by atoms with E-state index in [-0.39, 0.29) is 0 Å². The van der Waals surface area contributed by atoms with Crippen LogP contribution in [0.1, 0.15) is 24.0 Å². The summed E-state index contributed by atoms with van der Waals surface area (Å²) in [4.78, 5) is 2.41. The first-order valence-corrected chi connectivity index (χ1v) is 7.37. The third kappa shape index (κ3) is 4.51. The van der Waals surface area contributed by atoms with Crippen molar-refractivity contribution in [3.05, 3.63) is 29.3 Å². The second-order valence-corrected chi connectivity index (χ2v) is 5.40. The summed E-state index contributed by atoms with van der Waals surface area (Å²) in [6.07, 6.45) is 4.66. The first kappa shape index (κ1) is 14.4. The van der Waals surface area contributed by atoms with Gasteiger partial charge < -0.3 is 15.0 Å². The summed E-state index contributed by atoms with van der Waals surface area (Å²) in [5, 5.41) is 3.19. The zero-order valence-corrected chi connectivity index (χ0v) is 12.2. The highest BCUT2D eigenvalue weighted by Crippen LogP contribution is 2.25. The molecule has 0 saturated carbocycles. The smallest absolute Gasteiger partial charge is 0.122 e. The molecule has 0 spiro atoms. The monoisotopic (exact) mass is 262 g/mol. The second-order valence-electron chi connectivity index (χ2n) is 5.40. The van der Waals surface area contributed by atoms with E-state index in [1.165, 1.54) is 24.0 Å². The van der Waals surface area contributed by atoms with Gasteiger partial charge in [-0.15, -0.1) is 0 Å². The maximum absolute atomic E-state index is 5.65.